The smallest absolute Gasteiger partial charge is 0.264 e. The highest BCUT2D eigenvalue weighted by Crippen LogP contribution is 2.31. The van der Waals surface area contributed by atoms with E-state index < -0.39 is 28.5 Å². The maximum absolute atomic E-state index is 14.5. The molecule has 4 aromatic rings. The van der Waals surface area contributed by atoms with Crippen molar-refractivity contribution in [1.29, 1.82) is 0 Å². The topological polar surface area (TPSA) is 86.8 Å². The molecule has 0 spiro atoms. The molecule has 45 heavy (non-hydrogen) atoms. The minimum Gasteiger partial charge on any atom is -0.352 e. The summed E-state index contributed by atoms with van der Waals surface area (Å²) >= 11 is 10.0. The number of halogens is 2. The Morgan fingerprint density at radius 2 is 1.42 bits per heavy atom. The maximum Gasteiger partial charge on any atom is 0.264 e. The van der Waals surface area contributed by atoms with E-state index in [4.69, 9.17) is 11.6 Å². The molecule has 234 valence electrons. The molecule has 7 nitrogen and oxygen atoms in total. The number of amides is 2. The number of para-hydroxylation sites is 1. The number of rotatable bonds is 12. The van der Waals surface area contributed by atoms with E-state index in [2.05, 4.69) is 21.2 Å². The van der Waals surface area contributed by atoms with E-state index in [0.29, 0.717) is 0 Å². The van der Waals surface area contributed by atoms with Gasteiger partial charge in [0.1, 0.15) is 12.6 Å². The Morgan fingerprint density at radius 1 is 0.822 bits per heavy atom. The van der Waals surface area contributed by atoms with Crippen LogP contribution in [0.5, 0.6) is 0 Å². The molecule has 1 saturated carbocycles. The van der Waals surface area contributed by atoms with Crippen LogP contribution in [0.15, 0.2) is 119 Å². The zero-order valence-electron chi connectivity index (χ0n) is 24.7. The van der Waals surface area contributed by atoms with Crippen LogP contribution >= 0.6 is 27.5 Å². The second-order valence-electron chi connectivity index (χ2n) is 11.1. The fourth-order valence-electron chi connectivity index (χ4n) is 5.60. The highest BCUT2D eigenvalue weighted by molar-refractivity contribution is 9.10. The SMILES string of the molecule is O=C(NC1CCCC1)[C@H](Cc1ccccc1)N(Cc1ccc(Br)cc1)C(=O)CN(c1ccccc1Cl)S(=O)(=O)c1ccccc1. The van der Waals surface area contributed by atoms with E-state index in [1.54, 1.807) is 42.5 Å². The zero-order chi connectivity index (χ0) is 31.8. The average Bonchev–Trinajstić information content (AvgIpc) is 3.56. The van der Waals surface area contributed by atoms with Gasteiger partial charge in [-0.3, -0.25) is 13.9 Å². The van der Waals surface area contributed by atoms with Crippen molar-refractivity contribution in [3.63, 3.8) is 0 Å². The summed E-state index contributed by atoms with van der Waals surface area (Å²) in [4.78, 5) is 30.1. The molecular formula is C35H35BrClN3O4S. The third-order valence-electron chi connectivity index (χ3n) is 7.97. The normalized spacial score (nSPS) is 14.1. The summed E-state index contributed by atoms with van der Waals surface area (Å²) in [6, 6.07) is 30.7. The largest absolute Gasteiger partial charge is 0.352 e. The summed E-state index contributed by atoms with van der Waals surface area (Å²) in [5.41, 5.74) is 1.86. The Kier molecular flexibility index (Phi) is 11.0. The van der Waals surface area contributed by atoms with Gasteiger partial charge >= 0.3 is 0 Å². The zero-order valence-corrected chi connectivity index (χ0v) is 27.8. The molecule has 10 heteroatoms. The lowest BCUT2D eigenvalue weighted by Crippen LogP contribution is -2.54. The third kappa shape index (κ3) is 8.34. The van der Waals surface area contributed by atoms with Crippen molar-refractivity contribution in [2.75, 3.05) is 10.8 Å². The van der Waals surface area contributed by atoms with E-state index in [-0.39, 0.29) is 40.5 Å². The molecule has 0 saturated heterocycles. The molecule has 4 aromatic carbocycles. The van der Waals surface area contributed by atoms with Crippen molar-refractivity contribution in [3.05, 3.63) is 130 Å². The van der Waals surface area contributed by atoms with Crippen LogP contribution in [-0.2, 0) is 32.6 Å². The molecule has 1 N–H and O–H groups in total. The van der Waals surface area contributed by atoms with Crippen molar-refractivity contribution in [2.45, 2.75) is 55.6 Å². The second kappa shape index (κ2) is 15.1. The number of hydrogen-bond acceptors (Lipinski definition) is 4. The summed E-state index contributed by atoms with van der Waals surface area (Å²) in [7, 11) is -4.21. The monoisotopic (exact) mass is 707 g/mol. The quantitative estimate of drug-likeness (QED) is 0.172. The van der Waals surface area contributed by atoms with Crippen LogP contribution in [0.3, 0.4) is 0 Å². The van der Waals surface area contributed by atoms with Gasteiger partial charge in [0, 0.05) is 23.5 Å². The van der Waals surface area contributed by atoms with Crippen LogP contribution in [0, 0.1) is 0 Å². The van der Waals surface area contributed by atoms with Gasteiger partial charge in [0.15, 0.2) is 0 Å². The molecular weight excluding hydrogens is 674 g/mol. The molecule has 0 radical (unpaired) electrons. The van der Waals surface area contributed by atoms with Gasteiger partial charge in [0.05, 0.1) is 15.6 Å². The minimum absolute atomic E-state index is 0.0250. The highest BCUT2D eigenvalue weighted by atomic mass is 79.9. The Balaban J connectivity index is 1.56. The van der Waals surface area contributed by atoms with Crippen molar-refractivity contribution < 1.29 is 18.0 Å². The first-order valence-corrected chi connectivity index (χ1v) is 17.5. The first-order chi connectivity index (χ1) is 21.7. The summed E-state index contributed by atoms with van der Waals surface area (Å²) < 4.78 is 30.1. The standard InChI is InChI=1S/C35H35BrClN3O4S/c36-28-21-19-27(20-22-28)24-39(33(23-26-11-3-1-4-12-26)35(42)38-29-13-7-8-14-29)34(41)25-40(32-18-10-9-17-31(32)37)45(43,44)30-15-5-2-6-16-30/h1-6,9-12,15-22,29,33H,7-8,13-14,23-25H2,(H,38,42)/t33-/m0/s1. The van der Waals surface area contributed by atoms with Gasteiger partial charge in [0.25, 0.3) is 10.0 Å². The van der Waals surface area contributed by atoms with Gasteiger partial charge in [-0.15, -0.1) is 0 Å². The molecule has 1 fully saturated rings. The second-order valence-corrected chi connectivity index (χ2v) is 14.3. The van der Waals surface area contributed by atoms with E-state index >= 15 is 0 Å². The average molecular weight is 709 g/mol. The number of benzene rings is 4. The van der Waals surface area contributed by atoms with Crippen LogP contribution in [0.4, 0.5) is 5.69 Å². The van der Waals surface area contributed by atoms with Crippen molar-refractivity contribution in [3.8, 4) is 0 Å². The van der Waals surface area contributed by atoms with Gasteiger partial charge in [-0.25, -0.2) is 8.42 Å². The number of hydrogen-bond donors (Lipinski definition) is 1. The molecule has 1 atom stereocenters. The third-order valence-corrected chi connectivity index (χ3v) is 10.6. The van der Waals surface area contributed by atoms with E-state index in [1.165, 1.54) is 17.0 Å². The molecule has 1 aliphatic carbocycles. The molecule has 0 heterocycles. The van der Waals surface area contributed by atoms with Gasteiger partial charge in [-0.1, -0.05) is 113 Å². The van der Waals surface area contributed by atoms with E-state index in [9.17, 15) is 18.0 Å². The number of sulfonamides is 1. The minimum atomic E-state index is -4.21. The lowest BCUT2D eigenvalue weighted by Gasteiger charge is -2.34. The van der Waals surface area contributed by atoms with E-state index in [1.807, 2.05) is 54.6 Å². The first kappa shape index (κ1) is 32.7. The van der Waals surface area contributed by atoms with Crippen molar-refractivity contribution in [2.24, 2.45) is 0 Å². The number of nitrogens with zero attached hydrogens (tertiary/aromatic N) is 2. The Labute approximate surface area is 278 Å². The van der Waals surface area contributed by atoms with Crippen LogP contribution < -0.4 is 9.62 Å². The summed E-state index contributed by atoms with van der Waals surface area (Å²) in [5.74, 6) is -0.786. The number of carbonyl (C=O) groups excluding carboxylic acids is 2. The van der Waals surface area contributed by atoms with Gasteiger partial charge < -0.3 is 10.2 Å². The van der Waals surface area contributed by atoms with Crippen molar-refractivity contribution >= 4 is 55.1 Å². The molecule has 5 rings (SSSR count). The molecule has 2 amide bonds. The summed E-state index contributed by atoms with van der Waals surface area (Å²) in [6.07, 6.45) is 4.12. The first-order valence-electron chi connectivity index (χ1n) is 14.9. The Hall–Kier alpha value is -3.66. The van der Waals surface area contributed by atoms with E-state index in [0.717, 1.165) is 45.6 Å². The summed E-state index contributed by atoms with van der Waals surface area (Å²) in [5, 5.41) is 3.37. The molecule has 0 aromatic heterocycles. The fraction of sp³-hybridized carbons (Fsp3) is 0.257. The van der Waals surface area contributed by atoms with Crippen LogP contribution in [0.25, 0.3) is 0 Å². The lowest BCUT2D eigenvalue weighted by atomic mass is 10.0. The number of anilines is 1. The predicted molar refractivity (Wildman–Crippen MR) is 181 cm³/mol. The number of carbonyl (C=O) groups is 2. The fourth-order valence-corrected chi connectivity index (χ4v) is 7.60. The molecule has 0 aliphatic heterocycles. The lowest BCUT2D eigenvalue weighted by molar-refractivity contribution is -0.140. The molecule has 0 unspecified atom stereocenters. The number of nitrogens with one attached hydrogen (secondary N) is 1. The van der Waals surface area contributed by atoms with Crippen LogP contribution in [-0.4, -0.2) is 43.8 Å². The van der Waals surface area contributed by atoms with Crippen LogP contribution in [0.2, 0.25) is 5.02 Å². The highest BCUT2D eigenvalue weighted by Gasteiger charge is 2.36. The van der Waals surface area contributed by atoms with Gasteiger partial charge in [0.2, 0.25) is 11.8 Å². The van der Waals surface area contributed by atoms with Crippen LogP contribution in [0.1, 0.15) is 36.8 Å². The summed E-state index contributed by atoms with van der Waals surface area (Å²) in [6.45, 7) is -0.455. The maximum atomic E-state index is 14.5. The Morgan fingerprint density at radius 3 is 2.07 bits per heavy atom. The predicted octanol–water partition coefficient (Wildman–Crippen LogP) is 7.00. The van der Waals surface area contributed by atoms with Gasteiger partial charge in [-0.05, 0) is 60.4 Å². The van der Waals surface area contributed by atoms with Gasteiger partial charge in [-0.2, -0.15) is 0 Å². The molecule has 1 aliphatic rings. The Bertz CT molecular complexity index is 1700. The van der Waals surface area contributed by atoms with Crippen molar-refractivity contribution in [1.82, 2.24) is 10.2 Å². The molecule has 0 bridgehead atoms.